The lowest BCUT2D eigenvalue weighted by Crippen LogP contribution is -2.06. The molecule has 3 nitrogen and oxygen atoms in total. The summed E-state index contributed by atoms with van der Waals surface area (Å²) in [5.41, 5.74) is 0. The molecule has 0 spiro atoms. The summed E-state index contributed by atoms with van der Waals surface area (Å²) in [6.07, 6.45) is 13.2. The molecule has 0 aromatic heterocycles. The van der Waals surface area contributed by atoms with Gasteiger partial charge in [-0.25, -0.2) is 0 Å². The minimum Gasteiger partial charge on any atom is -0.611 e. The first kappa shape index (κ1) is 23.6. The fourth-order valence-electron chi connectivity index (χ4n) is 2.84. The highest BCUT2D eigenvalue weighted by Gasteiger charge is 2.09. The monoisotopic (exact) mass is 420 g/mol. The average molecular weight is 421 g/mol. The van der Waals surface area contributed by atoms with Crippen LogP contribution in [-0.2, 0) is 20.3 Å². The van der Waals surface area contributed by atoms with Crippen molar-refractivity contribution in [1.82, 2.24) is 0 Å². The Labute approximate surface area is 171 Å². The van der Waals surface area contributed by atoms with Crippen LogP contribution in [0.5, 0.6) is 0 Å². The van der Waals surface area contributed by atoms with Crippen molar-refractivity contribution in [1.29, 1.82) is 0 Å². The summed E-state index contributed by atoms with van der Waals surface area (Å²) < 4.78 is 16.2. The van der Waals surface area contributed by atoms with E-state index in [1.807, 2.05) is 12.1 Å². The summed E-state index contributed by atoms with van der Waals surface area (Å²) in [4.78, 5) is 11.7. The Morgan fingerprint density at radius 1 is 0.846 bits per heavy atom. The van der Waals surface area contributed by atoms with Gasteiger partial charge in [-0.3, -0.25) is 4.79 Å². The highest BCUT2D eigenvalue weighted by Crippen LogP contribution is 2.17. The second kappa shape index (κ2) is 15.6. The van der Waals surface area contributed by atoms with E-state index in [2.05, 4.69) is 4.29 Å². The van der Waals surface area contributed by atoms with Crippen molar-refractivity contribution in [3.05, 3.63) is 29.3 Å². The van der Waals surface area contributed by atoms with Crippen LogP contribution < -0.4 is 0 Å². The Morgan fingerprint density at radius 3 is 1.81 bits per heavy atom. The molecule has 0 aliphatic heterocycles. The van der Waals surface area contributed by atoms with Crippen LogP contribution in [0.4, 0.5) is 0 Å². The zero-order valence-electron chi connectivity index (χ0n) is 15.4. The van der Waals surface area contributed by atoms with Crippen LogP contribution >= 0.6 is 23.5 Å². The van der Waals surface area contributed by atoms with Crippen LogP contribution in [0.3, 0.4) is 0 Å². The Hall–Kier alpha value is -0.420. The third-order valence-electron chi connectivity index (χ3n) is 4.37. The van der Waals surface area contributed by atoms with Gasteiger partial charge in [0.25, 0.3) is 0 Å². The molecule has 0 saturated carbocycles. The summed E-state index contributed by atoms with van der Waals surface area (Å²) in [6.45, 7) is 0. The fraction of sp³-hybridized carbons (Fsp3) is 0.650. The molecule has 6 heteroatoms. The smallest absolute Gasteiger partial charge is 0.324 e. The van der Waals surface area contributed by atoms with Crippen molar-refractivity contribution in [2.24, 2.45) is 0 Å². The molecule has 1 rings (SSSR count). The van der Waals surface area contributed by atoms with Gasteiger partial charge in [0.2, 0.25) is 0 Å². The summed E-state index contributed by atoms with van der Waals surface area (Å²) >= 11 is 9.91. The quantitative estimate of drug-likeness (QED) is 0.230. The van der Waals surface area contributed by atoms with Crippen molar-refractivity contribution in [2.75, 3.05) is 5.75 Å². The van der Waals surface area contributed by atoms with Gasteiger partial charge in [0.05, 0.1) is 0 Å². The van der Waals surface area contributed by atoms with Crippen molar-refractivity contribution < 1.29 is 13.6 Å². The lowest BCUT2D eigenvalue weighted by atomic mass is 10.1. The molecule has 1 atom stereocenters. The SMILES string of the molecule is O=C(CCCCCCCCCCCCC[S+]([O-])c1ccc(Cl)cc1)OCl. The standard InChI is InChI=1S/C20H30Cl2O3S/c21-18-13-15-19(16-14-18)26(24)17-11-9-7-5-3-1-2-4-6-8-10-12-20(23)25-22/h13-16H,1-12,17H2. The summed E-state index contributed by atoms with van der Waals surface area (Å²) in [7, 11) is 0. The van der Waals surface area contributed by atoms with Gasteiger partial charge in [-0.2, -0.15) is 0 Å². The molecule has 1 aromatic rings. The van der Waals surface area contributed by atoms with E-state index in [1.165, 1.54) is 44.9 Å². The lowest BCUT2D eigenvalue weighted by Gasteiger charge is -2.10. The van der Waals surface area contributed by atoms with E-state index in [9.17, 15) is 9.35 Å². The molecule has 0 radical (unpaired) electrons. The van der Waals surface area contributed by atoms with E-state index in [-0.39, 0.29) is 5.97 Å². The molecule has 0 aliphatic carbocycles. The Morgan fingerprint density at radius 2 is 1.31 bits per heavy atom. The molecule has 1 aromatic carbocycles. The van der Waals surface area contributed by atoms with Crippen molar-refractivity contribution in [3.63, 3.8) is 0 Å². The number of benzene rings is 1. The molecule has 0 bridgehead atoms. The molecule has 0 fully saturated rings. The Balaban J connectivity index is 1.85. The minimum absolute atomic E-state index is 0.330. The minimum atomic E-state index is -0.905. The van der Waals surface area contributed by atoms with E-state index in [4.69, 9.17) is 23.5 Å². The van der Waals surface area contributed by atoms with Crippen molar-refractivity contribution >= 4 is 40.6 Å². The number of hydrogen-bond donors (Lipinski definition) is 0. The van der Waals surface area contributed by atoms with Crippen molar-refractivity contribution in [2.45, 2.75) is 81.9 Å². The largest absolute Gasteiger partial charge is 0.611 e. The topological polar surface area (TPSA) is 49.4 Å². The highest BCUT2D eigenvalue weighted by molar-refractivity contribution is 7.91. The molecule has 26 heavy (non-hydrogen) atoms. The number of hydrogen-bond acceptors (Lipinski definition) is 3. The second-order valence-corrected chi connectivity index (χ2v) is 8.75. The number of carbonyl (C=O) groups is 1. The average Bonchev–Trinajstić information content (AvgIpc) is 2.65. The van der Waals surface area contributed by atoms with E-state index >= 15 is 0 Å². The number of unbranched alkanes of at least 4 members (excludes halogenated alkanes) is 10. The number of halogens is 2. The molecule has 148 valence electrons. The van der Waals surface area contributed by atoms with Crippen LogP contribution in [0.25, 0.3) is 0 Å². The van der Waals surface area contributed by atoms with Crippen LogP contribution in [0.15, 0.2) is 29.2 Å². The van der Waals surface area contributed by atoms with Crippen LogP contribution in [0.1, 0.15) is 77.0 Å². The van der Waals surface area contributed by atoms with Gasteiger partial charge < -0.3 is 8.84 Å². The van der Waals surface area contributed by atoms with Crippen LogP contribution in [-0.4, -0.2) is 16.3 Å². The number of rotatable bonds is 15. The van der Waals surface area contributed by atoms with E-state index in [0.717, 1.165) is 36.3 Å². The first-order chi connectivity index (χ1) is 12.6. The predicted molar refractivity (Wildman–Crippen MR) is 110 cm³/mol. The maximum atomic E-state index is 12.1. The molecule has 0 N–H and O–H groups in total. The normalized spacial score (nSPS) is 12.1. The summed E-state index contributed by atoms with van der Waals surface area (Å²) in [5.74, 6) is 0.405. The maximum Gasteiger partial charge on any atom is 0.324 e. The lowest BCUT2D eigenvalue weighted by molar-refractivity contribution is -0.134. The van der Waals surface area contributed by atoms with Crippen LogP contribution in [0, 0.1) is 0 Å². The fourth-order valence-corrected chi connectivity index (χ4v) is 4.18. The molecule has 0 aliphatic rings. The van der Waals surface area contributed by atoms with Gasteiger partial charge in [-0.15, -0.1) is 0 Å². The molecule has 0 amide bonds. The molecule has 0 saturated heterocycles. The molecular weight excluding hydrogens is 391 g/mol. The molecular formula is C20H30Cl2O3S. The Kier molecular flexibility index (Phi) is 14.2. The molecule has 1 unspecified atom stereocenters. The second-order valence-electron chi connectivity index (χ2n) is 6.59. The van der Waals surface area contributed by atoms with E-state index in [1.54, 1.807) is 12.1 Å². The van der Waals surface area contributed by atoms with E-state index in [0.29, 0.717) is 11.4 Å². The van der Waals surface area contributed by atoms with Gasteiger partial charge in [0.1, 0.15) is 17.6 Å². The zero-order valence-corrected chi connectivity index (χ0v) is 17.7. The number of carbonyl (C=O) groups excluding carboxylic acids is 1. The van der Waals surface area contributed by atoms with Gasteiger partial charge >= 0.3 is 5.97 Å². The van der Waals surface area contributed by atoms with Gasteiger partial charge in [0, 0.05) is 11.4 Å². The first-order valence-corrected chi connectivity index (χ1v) is 11.6. The van der Waals surface area contributed by atoms with Gasteiger partial charge in [0.15, 0.2) is 4.90 Å². The Bertz CT molecular complexity index is 482. The third kappa shape index (κ3) is 12.1. The van der Waals surface area contributed by atoms with E-state index < -0.39 is 11.2 Å². The zero-order chi connectivity index (χ0) is 19.0. The van der Waals surface area contributed by atoms with Gasteiger partial charge in [-0.1, -0.05) is 63.0 Å². The first-order valence-electron chi connectivity index (χ1n) is 9.59. The maximum absolute atomic E-state index is 12.1. The summed E-state index contributed by atoms with van der Waals surface area (Å²) in [6, 6.07) is 7.29. The van der Waals surface area contributed by atoms with Gasteiger partial charge in [-0.05, 0) is 54.7 Å². The highest BCUT2D eigenvalue weighted by atomic mass is 35.5. The molecule has 0 heterocycles. The predicted octanol–water partition coefficient (Wildman–Crippen LogP) is 6.83. The third-order valence-corrected chi connectivity index (χ3v) is 6.25. The van der Waals surface area contributed by atoms with Crippen molar-refractivity contribution in [3.8, 4) is 0 Å². The van der Waals surface area contributed by atoms with Crippen LogP contribution in [0.2, 0.25) is 5.02 Å². The summed E-state index contributed by atoms with van der Waals surface area (Å²) in [5, 5.41) is 0.682.